The second-order valence-electron chi connectivity index (χ2n) is 8.03. The van der Waals surface area contributed by atoms with E-state index >= 15 is 0 Å². The summed E-state index contributed by atoms with van der Waals surface area (Å²) < 4.78 is 4.59. The number of likely N-dealkylation sites (tertiary alicyclic amines) is 1. The van der Waals surface area contributed by atoms with E-state index in [1.165, 1.54) is 7.11 Å². The lowest BCUT2D eigenvalue weighted by Gasteiger charge is -2.34. The summed E-state index contributed by atoms with van der Waals surface area (Å²) in [6.07, 6.45) is 2.06. The molecule has 3 fully saturated rings. The zero-order valence-corrected chi connectivity index (χ0v) is 17.2. The number of fused-ring (bicyclic) bond motifs is 6. The summed E-state index contributed by atoms with van der Waals surface area (Å²) in [6, 6.07) is 6.76. The number of hydrogen-bond donors (Lipinski definition) is 0. The van der Waals surface area contributed by atoms with Crippen molar-refractivity contribution in [3.63, 3.8) is 0 Å². The van der Waals surface area contributed by atoms with Crippen LogP contribution in [0.4, 0.5) is 10.5 Å². The van der Waals surface area contributed by atoms with Gasteiger partial charge in [-0.3, -0.25) is 19.4 Å². The number of amides is 4. The average Bonchev–Trinajstić information content (AvgIpc) is 3.48. The van der Waals surface area contributed by atoms with Gasteiger partial charge in [-0.15, -0.1) is 0 Å². The molecule has 0 unspecified atom stereocenters. The number of ether oxygens (including phenoxy) is 1. The summed E-state index contributed by atoms with van der Waals surface area (Å²) in [5.74, 6) is -1.10. The van der Waals surface area contributed by atoms with Gasteiger partial charge < -0.3 is 14.5 Å². The zero-order valence-electron chi connectivity index (χ0n) is 17.2. The van der Waals surface area contributed by atoms with E-state index in [0.717, 1.165) is 4.90 Å². The summed E-state index contributed by atoms with van der Waals surface area (Å²) in [7, 11) is 1.27. The van der Waals surface area contributed by atoms with E-state index in [-0.39, 0.29) is 24.8 Å². The Labute approximate surface area is 182 Å². The molecule has 4 heterocycles. The molecule has 0 aliphatic carbocycles. The smallest absolute Gasteiger partial charge is 0.332 e. The molecule has 5 rings (SSSR count). The van der Waals surface area contributed by atoms with Gasteiger partial charge in [-0.25, -0.2) is 9.69 Å². The number of nitrogens with zero attached hydrogens (tertiary/aromatic N) is 5. The van der Waals surface area contributed by atoms with Crippen LogP contribution in [0, 0.1) is 11.3 Å². The molecule has 0 N–H and O–H groups in total. The van der Waals surface area contributed by atoms with E-state index in [9.17, 15) is 24.4 Å². The lowest BCUT2D eigenvalue weighted by atomic mass is 10.1. The minimum atomic E-state index is -0.759. The van der Waals surface area contributed by atoms with Gasteiger partial charge in [-0.05, 0) is 30.7 Å². The van der Waals surface area contributed by atoms with Crippen LogP contribution in [0.5, 0.6) is 0 Å². The zero-order chi connectivity index (χ0) is 22.6. The number of urea groups is 1. The molecule has 3 saturated heterocycles. The molecule has 3 aliphatic heterocycles. The van der Waals surface area contributed by atoms with Gasteiger partial charge in [-0.2, -0.15) is 5.26 Å². The maximum absolute atomic E-state index is 13.4. The van der Waals surface area contributed by atoms with Crippen LogP contribution in [-0.4, -0.2) is 70.4 Å². The Balaban J connectivity index is 1.45. The van der Waals surface area contributed by atoms with Crippen molar-refractivity contribution in [3.8, 4) is 6.07 Å². The van der Waals surface area contributed by atoms with Crippen LogP contribution in [-0.2, 0) is 19.1 Å². The summed E-state index contributed by atoms with van der Waals surface area (Å²) in [5, 5.41) is 9.90. The van der Waals surface area contributed by atoms with Crippen molar-refractivity contribution in [2.24, 2.45) is 0 Å². The van der Waals surface area contributed by atoms with Gasteiger partial charge in [0.05, 0.1) is 42.4 Å². The lowest BCUT2D eigenvalue weighted by Crippen LogP contribution is -2.54. The number of anilines is 1. The molecule has 0 radical (unpaired) electrons. The van der Waals surface area contributed by atoms with Gasteiger partial charge in [0.15, 0.2) is 0 Å². The Kier molecular flexibility index (Phi) is 4.55. The van der Waals surface area contributed by atoms with Crippen molar-refractivity contribution in [2.75, 3.05) is 18.6 Å². The number of benzene rings is 1. The molecule has 0 saturated carbocycles. The molecule has 162 valence electrons. The Morgan fingerprint density at radius 1 is 1.25 bits per heavy atom. The monoisotopic (exact) mass is 433 g/mol. The minimum absolute atomic E-state index is 0.000390. The van der Waals surface area contributed by atoms with Gasteiger partial charge in [0.2, 0.25) is 5.91 Å². The quantitative estimate of drug-likeness (QED) is 0.524. The normalized spacial score (nSPS) is 23.6. The number of carbonyl (C=O) groups excluding carboxylic acids is 4. The maximum Gasteiger partial charge on any atom is 0.332 e. The standard InChI is InChI=1S/C22H19N5O5/c1-32-18(29)7-6-17(28)25-11-13-9-16(25)20-21(30)27(22(31)26(13)20)15-5-4-12(10-23)19-14(15)3-2-8-24-19/h2-5,8,13,16,20H,6-7,9,11H2,1H3/t13-,16-,20-/m0/s1. The van der Waals surface area contributed by atoms with Gasteiger partial charge in [0.1, 0.15) is 12.1 Å². The van der Waals surface area contributed by atoms with Crippen LogP contribution in [0.3, 0.4) is 0 Å². The lowest BCUT2D eigenvalue weighted by molar-refractivity contribution is -0.144. The minimum Gasteiger partial charge on any atom is -0.469 e. The van der Waals surface area contributed by atoms with E-state index < -0.39 is 30.0 Å². The number of rotatable bonds is 4. The SMILES string of the molecule is COC(=O)CCC(=O)N1C[C@@H]2C[C@H]1[C@H]1C(=O)N(c3ccc(C#N)c4ncccc34)C(=O)N21. The second-order valence-corrected chi connectivity index (χ2v) is 8.03. The second kappa shape index (κ2) is 7.30. The third-order valence-electron chi connectivity index (χ3n) is 6.46. The van der Waals surface area contributed by atoms with E-state index in [1.54, 1.807) is 40.3 Å². The van der Waals surface area contributed by atoms with Crippen LogP contribution < -0.4 is 4.90 Å². The molecule has 4 amide bonds. The highest BCUT2D eigenvalue weighted by molar-refractivity contribution is 6.25. The summed E-state index contributed by atoms with van der Waals surface area (Å²) in [4.78, 5) is 59.4. The Morgan fingerprint density at radius 3 is 2.81 bits per heavy atom. The summed E-state index contributed by atoms with van der Waals surface area (Å²) in [6.45, 7) is 0.337. The van der Waals surface area contributed by atoms with Gasteiger partial charge >= 0.3 is 12.0 Å². The first-order valence-electron chi connectivity index (χ1n) is 10.3. The van der Waals surface area contributed by atoms with E-state index in [1.807, 2.05) is 0 Å². The third kappa shape index (κ3) is 2.74. The predicted molar refractivity (Wildman–Crippen MR) is 110 cm³/mol. The molecule has 3 aliphatic rings. The number of pyridine rings is 1. The molecule has 2 bridgehead atoms. The highest BCUT2D eigenvalue weighted by Crippen LogP contribution is 2.43. The number of esters is 1. The first-order valence-corrected chi connectivity index (χ1v) is 10.3. The van der Waals surface area contributed by atoms with Crippen molar-refractivity contribution in [1.29, 1.82) is 5.26 Å². The number of carbonyl (C=O) groups is 4. The summed E-state index contributed by atoms with van der Waals surface area (Å²) in [5.41, 5.74) is 1.15. The third-order valence-corrected chi connectivity index (χ3v) is 6.46. The highest BCUT2D eigenvalue weighted by atomic mass is 16.5. The van der Waals surface area contributed by atoms with Crippen LogP contribution in [0.15, 0.2) is 30.5 Å². The first kappa shape index (κ1) is 19.9. The number of hydrogen-bond acceptors (Lipinski definition) is 7. The molecule has 1 aromatic heterocycles. The fraction of sp³-hybridized carbons (Fsp3) is 0.364. The van der Waals surface area contributed by atoms with Crippen LogP contribution in [0.1, 0.15) is 24.8 Å². The fourth-order valence-corrected chi connectivity index (χ4v) is 5.06. The van der Waals surface area contributed by atoms with Crippen molar-refractivity contribution in [2.45, 2.75) is 37.4 Å². The molecular weight excluding hydrogens is 414 g/mol. The van der Waals surface area contributed by atoms with E-state index in [0.29, 0.717) is 35.1 Å². The Bertz CT molecular complexity index is 1220. The number of nitriles is 1. The molecule has 2 aromatic rings. The highest BCUT2D eigenvalue weighted by Gasteiger charge is 2.62. The topological polar surface area (TPSA) is 124 Å². The van der Waals surface area contributed by atoms with E-state index in [2.05, 4.69) is 15.8 Å². The van der Waals surface area contributed by atoms with E-state index in [4.69, 9.17) is 0 Å². The Hall–Kier alpha value is -4.00. The predicted octanol–water partition coefficient (Wildman–Crippen LogP) is 1.18. The number of aromatic nitrogens is 1. The van der Waals surface area contributed by atoms with Gasteiger partial charge in [0, 0.05) is 24.5 Å². The van der Waals surface area contributed by atoms with Crippen LogP contribution >= 0.6 is 0 Å². The Morgan fingerprint density at radius 2 is 2.06 bits per heavy atom. The van der Waals surface area contributed by atoms with Crippen molar-refractivity contribution in [1.82, 2.24) is 14.8 Å². The number of piperazine rings is 1. The van der Waals surface area contributed by atoms with Crippen molar-refractivity contribution < 1.29 is 23.9 Å². The fourth-order valence-electron chi connectivity index (χ4n) is 5.06. The number of methoxy groups -OCH3 is 1. The molecule has 32 heavy (non-hydrogen) atoms. The number of imide groups is 1. The first-order chi connectivity index (χ1) is 15.5. The van der Waals surface area contributed by atoms with Gasteiger partial charge in [-0.1, -0.05) is 0 Å². The molecule has 0 spiro atoms. The molecule has 10 heteroatoms. The van der Waals surface area contributed by atoms with Crippen molar-refractivity contribution >= 4 is 40.4 Å². The van der Waals surface area contributed by atoms with Crippen molar-refractivity contribution in [3.05, 3.63) is 36.0 Å². The van der Waals surface area contributed by atoms with Crippen LogP contribution in [0.2, 0.25) is 0 Å². The molecule has 3 atom stereocenters. The summed E-state index contributed by atoms with van der Waals surface area (Å²) >= 11 is 0. The largest absolute Gasteiger partial charge is 0.469 e. The molecule has 1 aromatic carbocycles. The van der Waals surface area contributed by atoms with Crippen LogP contribution in [0.25, 0.3) is 10.9 Å². The average molecular weight is 433 g/mol. The van der Waals surface area contributed by atoms with Gasteiger partial charge in [0.25, 0.3) is 5.91 Å². The maximum atomic E-state index is 13.4. The molecule has 10 nitrogen and oxygen atoms in total. The molecular formula is C22H19N5O5.